The standard InChI is InChI=1S/C13H10ClF3O2S2/c14-12-5-4-11(20-12)8-21(18,19)7-9-2-1-3-10(6-9)13(15,16)17/h1-6H,7-8H2. The first-order chi connectivity index (χ1) is 9.66. The second-order valence-corrected chi connectivity index (χ2v) is 8.30. The number of halogens is 4. The van der Waals surface area contributed by atoms with Crippen molar-refractivity contribution in [3.05, 3.63) is 56.7 Å². The Morgan fingerprint density at radius 1 is 1.10 bits per heavy atom. The van der Waals surface area contributed by atoms with Gasteiger partial charge in [0.25, 0.3) is 0 Å². The molecule has 2 rings (SSSR count). The molecule has 0 unspecified atom stereocenters. The lowest BCUT2D eigenvalue weighted by molar-refractivity contribution is -0.137. The predicted molar refractivity (Wildman–Crippen MR) is 77.1 cm³/mol. The first-order valence-electron chi connectivity index (χ1n) is 5.76. The molecule has 0 saturated heterocycles. The van der Waals surface area contributed by atoms with Gasteiger partial charge in [-0.2, -0.15) is 13.2 Å². The van der Waals surface area contributed by atoms with Gasteiger partial charge in [-0.15, -0.1) is 11.3 Å². The van der Waals surface area contributed by atoms with Crippen LogP contribution in [0, 0.1) is 0 Å². The van der Waals surface area contributed by atoms with Gasteiger partial charge in [0.2, 0.25) is 0 Å². The van der Waals surface area contributed by atoms with Gasteiger partial charge < -0.3 is 0 Å². The zero-order valence-electron chi connectivity index (χ0n) is 10.5. The third kappa shape index (κ3) is 4.72. The van der Waals surface area contributed by atoms with Crippen LogP contribution in [-0.2, 0) is 27.5 Å². The molecule has 8 heteroatoms. The maximum absolute atomic E-state index is 12.6. The Kier molecular flexibility index (Phi) is 4.65. The van der Waals surface area contributed by atoms with Gasteiger partial charge in [-0.05, 0) is 23.8 Å². The fraction of sp³-hybridized carbons (Fsp3) is 0.231. The van der Waals surface area contributed by atoms with E-state index >= 15 is 0 Å². The zero-order valence-corrected chi connectivity index (χ0v) is 12.9. The smallest absolute Gasteiger partial charge is 0.228 e. The van der Waals surface area contributed by atoms with Crippen molar-refractivity contribution in [2.75, 3.05) is 0 Å². The number of alkyl halides is 3. The quantitative estimate of drug-likeness (QED) is 0.808. The second-order valence-electron chi connectivity index (χ2n) is 4.44. The SMILES string of the molecule is O=S(=O)(Cc1cccc(C(F)(F)F)c1)Cc1ccc(Cl)s1. The summed E-state index contributed by atoms with van der Waals surface area (Å²) in [6, 6.07) is 7.52. The average Bonchev–Trinajstić information content (AvgIpc) is 2.72. The van der Waals surface area contributed by atoms with Gasteiger partial charge in [-0.25, -0.2) is 8.42 Å². The molecule has 1 aromatic heterocycles. The summed E-state index contributed by atoms with van der Waals surface area (Å²) < 4.78 is 62.3. The van der Waals surface area contributed by atoms with Crippen LogP contribution < -0.4 is 0 Å². The van der Waals surface area contributed by atoms with E-state index in [0.29, 0.717) is 9.21 Å². The second kappa shape index (κ2) is 5.98. The molecule has 1 aromatic carbocycles. The largest absolute Gasteiger partial charge is 0.416 e. The lowest BCUT2D eigenvalue weighted by Crippen LogP contribution is -2.09. The molecular formula is C13H10ClF3O2S2. The molecule has 0 fully saturated rings. The van der Waals surface area contributed by atoms with Crippen molar-refractivity contribution in [3.8, 4) is 0 Å². The molecule has 0 bridgehead atoms. The van der Waals surface area contributed by atoms with Crippen LogP contribution in [0.1, 0.15) is 16.0 Å². The summed E-state index contributed by atoms with van der Waals surface area (Å²) in [5.74, 6) is -0.674. The molecule has 0 N–H and O–H groups in total. The van der Waals surface area contributed by atoms with E-state index in [1.807, 2.05) is 0 Å². The first-order valence-corrected chi connectivity index (χ1v) is 8.78. The van der Waals surface area contributed by atoms with E-state index in [-0.39, 0.29) is 11.3 Å². The number of benzene rings is 1. The minimum Gasteiger partial charge on any atom is -0.228 e. The van der Waals surface area contributed by atoms with Crippen LogP contribution in [0.5, 0.6) is 0 Å². The van der Waals surface area contributed by atoms with Crippen LogP contribution in [0.3, 0.4) is 0 Å². The lowest BCUT2D eigenvalue weighted by atomic mass is 10.1. The van der Waals surface area contributed by atoms with Crippen molar-refractivity contribution < 1.29 is 21.6 Å². The van der Waals surface area contributed by atoms with Crippen molar-refractivity contribution in [1.82, 2.24) is 0 Å². The average molecular weight is 355 g/mol. The molecule has 2 aromatic rings. The van der Waals surface area contributed by atoms with Crippen molar-refractivity contribution >= 4 is 32.8 Å². The molecule has 1 heterocycles. The number of hydrogen-bond acceptors (Lipinski definition) is 3. The van der Waals surface area contributed by atoms with Gasteiger partial charge >= 0.3 is 6.18 Å². The molecule has 0 amide bonds. The topological polar surface area (TPSA) is 34.1 Å². The summed E-state index contributed by atoms with van der Waals surface area (Å²) in [6.45, 7) is 0. The van der Waals surface area contributed by atoms with Crippen LogP contribution in [0.25, 0.3) is 0 Å². The summed E-state index contributed by atoms with van der Waals surface area (Å²) >= 11 is 6.86. The minimum atomic E-state index is -4.49. The van der Waals surface area contributed by atoms with Crippen LogP contribution in [0.15, 0.2) is 36.4 Å². The Hall–Kier alpha value is -1.05. The highest BCUT2D eigenvalue weighted by atomic mass is 35.5. The highest BCUT2D eigenvalue weighted by Crippen LogP contribution is 2.30. The molecule has 2 nitrogen and oxygen atoms in total. The van der Waals surface area contributed by atoms with Gasteiger partial charge in [0.05, 0.1) is 21.4 Å². The van der Waals surface area contributed by atoms with Crippen LogP contribution in [-0.4, -0.2) is 8.42 Å². The van der Waals surface area contributed by atoms with Gasteiger partial charge in [-0.3, -0.25) is 0 Å². The molecule has 0 aliphatic carbocycles. The van der Waals surface area contributed by atoms with Gasteiger partial charge in [0.15, 0.2) is 9.84 Å². The molecule has 0 aliphatic rings. The van der Waals surface area contributed by atoms with E-state index in [4.69, 9.17) is 11.6 Å². The van der Waals surface area contributed by atoms with E-state index in [1.165, 1.54) is 12.1 Å². The molecule has 21 heavy (non-hydrogen) atoms. The van der Waals surface area contributed by atoms with Gasteiger partial charge in [0.1, 0.15) is 0 Å². The van der Waals surface area contributed by atoms with Gasteiger partial charge in [-0.1, -0.05) is 29.8 Å². The maximum atomic E-state index is 12.6. The Bertz CT molecular complexity index is 736. The fourth-order valence-corrected chi connectivity index (χ4v) is 4.76. The van der Waals surface area contributed by atoms with E-state index in [9.17, 15) is 21.6 Å². The number of rotatable bonds is 4. The normalized spacial score (nSPS) is 12.6. The summed E-state index contributed by atoms with van der Waals surface area (Å²) in [6.07, 6.45) is -4.49. The van der Waals surface area contributed by atoms with Crippen LogP contribution in [0.2, 0.25) is 4.34 Å². The third-order valence-electron chi connectivity index (χ3n) is 2.63. The predicted octanol–water partition coefficient (Wildman–Crippen LogP) is 4.54. The molecule has 0 atom stereocenters. The number of thiophene rings is 1. The molecule has 0 saturated carbocycles. The zero-order chi connectivity index (χ0) is 15.7. The molecule has 0 aliphatic heterocycles. The Balaban J connectivity index is 2.17. The molecule has 0 spiro atoms. The summed E-state index contributed by atoms with van der Waals surface area (Å²) in [5, 5.41) is 0. The van der Waals surface area contributed by atoms with E-state index in [1.54, 1.807) is 12.1 Å². The Labute approximate surface area is 129 Å². The lowest BCUT2D eigenvalue weighted by Gasteiger charge is -2.09. The molecular weight excluding hydrogens is 345 g/mol. The third-order valence-corrected chi connectivity index (χ3v) is 5.57. The summed E-state index contributed by atoms with van der Waals surface area (Å²) in [7, 11) is -3.55. The van der Waals surface area contributed by atoms with Crippen molar-refractivity contribution in [1.29, 1.82) is 0 Å². The highest BCUT2D eigenvalue weighted by Gasteiger charge is 2.30. The van der Waals surface area contributed by atoms with Crippen molar-refractivity contribution in [2.24, 2.45) is 0 Å². The highest BCUT2D eigenvalue weighted by molar-refractivity contribution is 7.90. The fourth-order valence-electron chi connectivity index (χ4n) is 1.79. The molecule has 0 radical (unpaired) electrons. The summed E-state index contributed by atoms with van der Waals surface area (Å²) in [5.41, 5.74) is -0.734. The van der Waals surface area contributed by atoms with Crippen LogP contribution >= 0.6 is 22.9 Å². The van der Waals surface area contributed by atoms with Crippen LogP contribution in [0.4, 0.5) is 13.2 Å². The Morgan fingerprint density at radius 2 is 1.81 bits per heavy atom. The van der Waals surface area contributed by atoms with E-state index in [2.05, 4.69) is 0 Å². The maximum Gasteiger partial charge on any atom is 0.416 e. The van der Waals surface area contributed by atoms with E-state index in [0.717, 1.165) is 23.5 Å². The molecule has 114 valence electrons. The summed E-state index contributed by atoms with van der Waals surface area (Å²) in [4.78, 5) is 0.562. The van der Waals surface area contributed by atoms with Gasteiger partial charge in [0, 0.05) is 4.88 Å². The first kappa shape index (κ1) is 16.3. The number of sulfone groups is 1. The minimum absolute atomic E-state index is 0.118. The van der Waals surface area contributed by atoms with Crippen molar-refractivity contribution in [3.63, 3.8) is 0 Å². The number of hydrogen-bond donors (Lipinski definition) is 0. The Morgan fingerprint density at radius 3 is 2.38 bits per heavy atom. The monoisotopic (exact) mass is 354 g/mol. The van der Waals surface area contributed by atoms with E-state index < -0.39 is 27.3 Å². The van der Waals surface area contributed by atoms with Crippen molar-refractivity contribution in [2.45, 2.75) is 17.7 Å².